The lowest BCUT2D eigenvalue weighted by molar-refractivity contribution is -0.132. The first kappa shape index (κ1) is 9.75. The van der Waals surface area contributed by atoms with E-state index in [9.17, 15) is 4.79 Å². The van der Waals surface area contributed by atoms with Crippen LogP contribution in [-0.4, -0.2) is 23.9 Å². The van der Waals surface area contributed by atoms with E-state index in [2.05, 4.69) is 19.9 Å². The van der Waals surface area contributed by atoms with Crippen LogP contribution in [0.3, 0.4) is 0 Å². The molecule has 0 unspecified atom stereocenters. The molecule has 0 atom stereocenters. The van der Waals surface area contributed by atoms with Crippen molar-refractivity contribution in [2.24, 2.45) is 11.8 Å². The number of carbonyl (C=O) groups is 1. The highest BCUT2D eigenvalue weighted by Gasteiger charge is 2.33. The van der Waals surface area contributed by atoms with Crippen molar-refractivity contribution in [3.8, 4) is 0 Å². The van der Waals surface area contributed by atoms with Gasteiger partial charge in [0.15, 0.2) is 0 Å². The van der Waals surface area contributed by atoms with Gasteiger partial charge in [0.2, 0.25) is 5.91 Å². The Labute approximate surface area is 86.0 Å². The van der Waals surface area contributed by atoms with E-state index in [1.165, 1.54) is 5.57 Å². The third-order valence-corrected chi connectivity index (χ3v) is 3.22. The number of rotatable bonds is 2. The zero-order valence-electron chi connectivity index (χ0n) is 9.12. The summed E-state index contributed by atoms with van der Waals surface area (Å²) in [6, 6.07) is 0. The Morgan fingerprint density at radius 2 is 2.21 bits per heavy atom. The third-order valence-electron chi connectivity index (χ3n) is 3.22. The average molecular weight is 193 g/mol. The van der Waals surface area contributed by atoms with Crippen LogP contribution >= 0.6 is 0 Å². The Kier molecular flexibility index (Phi) is 2.62. The standard InChI is InChI=1S/C12H19NO/c1-9(2)10-5-7-13(8-6-10)12(14)11-3-4-11/h5,9,11H,3-4,6-8H2,1-2H3. The molecule has 78 valence electrons. The number of hydrogen-bond acceptors (Lipinski definition) is 1. The van der Waals surface area contributed by atoms with Crippen molar-refractivity contribution in [1.29, 1.82) is 0 Å². The number of carbonyl (C=O) groups excluding carboxylic acids is 1. The molecule has 0 saturated heterocycles. The molecule has 14 heavy (non-hydrogen) atoms. The largest absolute Gasteiger partial charge is 0.338 e. The van der Waals surface area contributed by atoms with E-state index < -0.39 is 0 Å². The smallest absolute Gasteiger partial charge is 0.225 e. The Hall–Kier alpha value is -0.790. The quantitative estimate of drug-likeness (QED) is 0.616. The normalized spacial score (nSPS) is 22.5. The molecule has 2 rings (SSSR count). The van der Waals surface area contributed by atoms with E-state index in [-0.39, 0.29) is 0 Å². The predicted octanol–water partition coefficient (Wildman–Crippen LogP) is 2.21. The second kappa shape index (κ2) is 3.76. The van der Waals surface area contributed by atoms with E-state index in [0.29, 0.717) is 17.7 Å². The average Bonchev–Trinajstić information content (AvgIpc) is 3.00. The van der Waals surface area contributed by atoms with Gasteiger partial charge < -0.3 is 4.90 Å². The van der Waals surface area contributed by atoms with Gasteiger partial charge >= 0.3 is 0 Å². The summed E-state index contributed by atoms with van der Waals surface area (Å²) >= 11 is 0. The van der Waals surface area contributed by atoms with Crippen LogP contribution in [0.5, 0.6) is 0 Å². The molecule has 1 fully saturated rings. The Balaban J connectivity index is 1.91. The van der Waals surface area contributed by atoms with E-state index >= 15 is 0 Å². The fraction of sp³-hybridized carbons (Fsp3) is 0.750. The van der Waals surface area contributed by atoms with E-state index in [0.717, 1.165) is 32.4 Å². The molecule has 0 aromatic heterocycles. The molecule has 0 spiro atoms. The van der Waals surface area contributed by atoms with Crippen LogP contribution in [-0.2, 0) is 4.79 Å². The van der Waals surface area contributed by atoms with Crippen molar-refractivity contribution in [1.82, 2.24) is 4.90 Å². The van der Waals surface area contributed by atoms with Gasteiger partial charge in [0.05, 0.1) is 0 Å². The molecule has 0 bridgehead atoms. The molecule has 1 saturated carbocycles. The summed E-state index contributed by atoms with van der Waals surface area (Å²) in [6.45, 7) is 6.25. The van der Waals surface area contributed by atoms with Crippen molar-refractivity contribution < 1.29 is 4.79 Å². The lowest BCUT2D eigenvalue weighted by atomic mass is 9.97. The van der Waals surface area contributed by atoms with Crippen molar-refractivity contribution in [3.63, 3.8) is 0 Å². The minimum atomic E-state index is 0.379. The maximum absolute atomic E-state index is 11.7. The topological polar surface area (TPSA) is 20.3 Å². The maximum Gasteiger partial charge on any atom is 0.225 e. The lowest BCUT2D eigenvalue weighted by Gasteiger charge is -2.28. The monoisotopic (exact) mass is 193 g/mol. The first-order chi connectivity index (χ1) is 6.68. The summed E-state index contributed by atoms with van der Waals surface area (Å²) in [5, 5.41) is 0. The van der Waals surface area contributed by atoms with E-state index in [1.807, 2.05) is 4.90 Å². The Morgan fingerprint density at radius 3 is 2.64 bits per heavy atom. The van der Waals surface area contributed by atoms with Crippen LogP contribution in [0.4, 0.5) is 0 Å². The van der Waals surface area contributed by atoms with Gasteiger partial charge in [0.1, 0.15) is 0 Å². The van der Waals surface area contributed by atoms with Crippen molar-refractivity contribution in [3.05, 3.63) is 11.6 Å². The van der Waals surface area contributed by atoms with Gasteiger partial charge in [0.25, 0.3) is 0 Å². The second-order valence-electron chi connectivity index (χ2n) is 4.74. The summed E-state index contributed by atoms with van der Waals surface area (Å²) in [7, 11) is 0. The van der Waals surface area contributed by atoms with Crippen LogP contribution in [0, 0.1) is 11.8 Å². The van der Waals surface area contributed by atoms with Crippen molar-refractivity contribution in [2.75, 3.05) is 13.1 Å². The van der Waals surface area contributed by atoms with Crippen molar-refractivity contribution in [2.45, 2.75) is 33.1 Å². The molecule has 1 heterocycles. The molecule has 1 aliphatic heterocycles. The van der Waals surface area contributed by atoms with Crippen LogP contribution in [0.2, 0.25) is 0 Å². The molecule has 0 aromatic carbocycles. The molecule has 0 radical (unpaired) electrons. The van der Waals surface area contributed by atoms with Gasteiger partial charge in [-0.1, -0.05) is 25.5 Å². The van der Waals surface area contributed by atoms with Crippen molar-refractivity contribution >= 4 is 5.91 Å². The summed E-state index contributed by atoms with van der Waals surface area (Å²) in [5.41, 5.74) is 1.52. The van der Waals surface area contributed by atoms with Gasteiger partial charge in [-0.3, -0.25) is 4.79 Å². The molecular formula is C12H19NO. The molecule has 2 heteroatoms. The highest BCUT2D eigenvalue weighted by Crippen LogP contribution is 2.32. The molecular weight excluding hydrogens is 174 g/mol. The molecule has 1 aliphatic carbocycles. The predicted molar refractivity (Wildman–Crippen MR) is 56.8 cm³/mol. The minimum absolute atomic E-state index is 0.379. The van der Waals surface area contributed by atoms with Gasteiger partial charge in [-0.15, -0.1) is 0 Å². The Bertz CT molecular complexity index is 263. The lowest BCUT2D eigenvalue weighted by Crippen LogP contribution is -2.36. The molecule has 1 amide bonds. The fourth-order valence-corrected chi connectivity index (χ4v) is 2.00. The zero-order valence-corrected chi connectivity index (χ0v) is 9.12. The number of amides is 1. The third kappa shape index (κ3) is 1.99. The number of nitrogens with zero attached hydrogens (tertiary/aromatic N) is 1. The maximum atomic E-state index is 11.7. The van der Waals surface area contributed by atoms with Crippen LogP contribution in [0.15, 0.2) is 11.6 Å². The highest BCUT2D eigenvalue weighted by molar-refractivity contribution is 5.81. The van der Waals surface area contributed by atoms with Gasteiger partial charge in [-0.25, -0.2) is 0 Å². The zero-order chi connectivity index (χ0) is 10.1. The van der Waals surface area contributed by atoms with Crippen LogP contribution in [0.1, 0.15) is 33.1 Å². The Morgan fingerprint density at radius 1 is 1.50 bits per heavy atom. The molecule has 0 aromatic rings. The summed E-state index contributed by atoms with van der Waals surface area (Å²) in [4.78, 5) is 13.8. The first-order valence-electron chi connectivity index (χ1n) is 5.66. The van der Waals surface area contributed by atoms with E-state index in [4.69, 9.17) is 0 Å². The van der Waals surface area contributed by atoms with E-state index in [1.54, 1.807) is 0 Å². The van der Waals surface area contributed by atoms with Gasteiger partial charge in [-0.2, -0.15) is 0 Å². The SMILES string of the molecule is CC(C)C1=CCN(C(=O)C2CC2)CC1. The highest BCUT2D eigenvalue weighted by atomic mass is 16.2. The summed E-state index contributed by atoms with van der Waals surface area (Å²) in [5.74, 6) is 1.42. The van der Waals surface area contributed by atoms with Crippen LogP contribution < -0.4 is 0 Å². The van der Waals surface area contributed by atoms with Crippen LogP contribution in [0.25, 0.3) is 0 Å². The summed E-state index contributed by atoms with van der Waals surface area (Å²) in [6.07, 6.45) is 5.57. The molecule has 2 aliphatic rings. The first-order valence-corrected chi connectivity index (χ1v) is 5.66. The molecule has 0 N–H and O–H groups in total. The minimum Gasteiger partial charge on any atom is -0.338 e. The second-order valence-corrected chi connectivity index (χ2v) is 4.74. The molecule has 2 nitrogen and oxygen atoms in total. The van der Waals surface area contributed by atoms with Gasteiger partial charge in [-0.05, 0) is 25.2 Å². The number of hydrogen-bond donors (Lipinski definition) is 0. The van der Waals surface area contributed by atoms with Gasteiger partial charge in [0, 0.05) is 19.0 Å². The summed E-state index contributed by atoms with van der Waals surface area (Å²) < 4.78 is 0. The fourth-order valence-electron chi connectivity index (χ4n) is 2.00.